The maximum atomic E-state index is 13.7. The van der Waals surface area contributed by atoms with Crippen molar-refractivity contribution in [3.05, 3.63) is 71.9 Å². The van der Waals surface area contributed by atoms with Crippen LogP contribution in [0.2, 0.25) is 0 Å². The molecule has 0 spiro atoms. The number of nitrogens with zero attached hydrogens (tertiary/aromatic N) is 4. The molecule has 3 aromatic heterocycles. The minimum absolute atomic E-state index is 0.0516. The number of anilines is 2. The number of aryl methyl sites for hydroxylation is 1. The standard InChI is InChI=1S/C19H13F4N5/c1-11-2-5-13(6-3-11)25-14-8-9-24-18(26-14)16-17(19(21,22)23)27-15-7-4-12(20)10-28(15)16/h2-10H,1H3,(H,24,25,26). The van der Waals surface area contributed by atoms with E-state index in [0.717, 1.165) is 27.9 Å². The molecule has 0 aliphatic rings. The van der Waals surface area contributed by atoms with Crippen LogP contribution in [0.4, 0.5) is 29.1 Å². The molecular weight excluding hydrogens is 374 g/mol. The van der Waals surface area contributed by atoms with Crippen LogP contribution in [0, 0.1) is 12.7 Å². The molecule has 1 N–H and O–H groups in total. The SMILES string of the molecule is Cc1ccc(Nc2ccnc(-c3c(C(F)(F)F)nc4ccc(F)cn34)n2)cc1. The molecule has 9 heteroatoms. The van der Waals surface area contributed by atoms with Gasteiger partial charge in [0.2, 0.25) is 0 Å². The van der Waals surface area contributed by atoms with E-state index < -0.39 is 23.4 Å². The molecule has 1 aromatic carbocycles. The van der Waals surface area contributed by atoms with Crippen molar-refractivity contribution >= 4 is 17.2 Å². The third kappa shape index (κ3) is 3.38. The molecule has 4 aromatic rings. The smallest absolute Gasteiger partial charge is 0.340 e. The first-order valence-corrected chi connectivity index (χ1v) is 8.23. The average Bonchev–Trinajstić information content (AvgIpc) is 3.03. The molecule has 0 unspecified atom stereocenters. The van der Waals surface area contributed by atoms with E-state index in [1.54, 1.807) is 0 Å². The molecule has 0 radical (unpaired) electrons. The van der Waals surface area contributed by atoms with Crippen LogP contribution in [-0.4, -0.2) is 19.4 Å². The second-order valence-corrected chi connectivity index (χ2v) is 6.14. The number of nitrogens with one attached hydrogen (secondary N) is 1. The van der Waals surface area contributed by atoms with E-state index in [2.05, 4.69) is 20.3 Å². The molecule has 28 heavy (non-hydrogen) atoms. The maximum Gasteiger partial charge on any atom is 0.435 e. The molecule has 0 amide bonds. The molecule has 0 saturated carbocycles. The van der Waals surface area contributed by atoms with Gasteiger partial charge in [-0.05, 0) is 37.3 Å². The lowest BCUT2D eigenvalue weighted by atomic mass is 10.2. The molecule has 0 saturated heterocycles. The summed E-state index contributed by atoms with van der Waals surface area (Å²) in [5.74, 6) is -0.621. The van der Waals surface area contributed by atoms with Gasteiger partial charge in [-0.3, -0.25) is 4.40 Å². The van der Waals surface area contributed by atoms with Gasteiger partial charge in [0.25, 0.3) is 0 Å². The number of aromatic nitrogens is 4. The van der Waals surface area contributed by atoms with Gasteiger partial charge in [-0.2, -0.15) is 13.2 Å². The quantitative estimate of drug-likeness (QED) is 0.503. The molecule has 3 heterocycles. The van der Waals surface area contributed by atoms with Crippen LogP contribution in [-0.2, 0) is 6.18 Å². The largest absolute Gasteiger partial charge is 0.435 e. The molecule has 0 fully saturated rings. The zero-order valence-corrected chi connectivity index (χ0v) is 14.5. The Hall–Kier alpha value is -3.49. The van der Waals surface area contributed by atoms with Crippen LogP contribution in [0.1, 0.15) is 11.3 Å². The number of hydrogen-bond donors (Lipinski definition) is 1. The van der Waals surface area contributed by atoms with Crippen molar-refractivity contribution in [2.24, 2.45) is 0 Å². The molecule has 5 nitrogen and oxygen atoms in total. The zero-order valence-electron chi connectivity index (χ0n) is 14.5. The summed E-state index contributed by atoms with van der Waals surface area (Å²) >= 11 is 0. The Morgan fingerprint density at radius 3 is 2.43 bits per heavy atom. The van der Waals surface area contributed by atoms with Gasteiger partial charge in [-0.25, -0.2) is 19.3 Å². The summed E-state index contributed by atoms with van der Waals surface area (Å²) in [6.45, 7) is 1.94. The molecule has 4 rings (SSSR count). The molecule has 0 atom stereocenters. The van der Waals surface area contributed by atoms with Crippen molar-refractivity contribution in [1.29, 1.82) is 0 Å². The van der Waals surface area contributed by atoms with Crippen LogP contribution >= 0.6 is 0 Å². The van der Waals surface area contributed by atoms with Gasteiger partial charge in [0.05, 0.1) is 0 Å². The first kappa shape index (κ1) is 17.9. The monoisotopic (exact) mass is 387 g/mol. The second-order valence-electron chi connectivity index (χ2n) is 6.14. The summed E-state index contributed by atoms with van der Waals surface area (Å²) in [7, 11) is 0. The van der Waals surface area contributed by atoms with E-state index >= 15 is 0 Å². The van der Waals surface area contributed by atoms with E-state index in [-0.39, 0.29) is 11.5 Å². The number of imidazole rings is 1. The number of pyridine rings is 1. The third-order valence-electron chi connectivity index (χ3n) is 4.04. The van der Waals surface area contributed by atoms with Gasteiger partial charge >= 0.3 is 6.18 Å². The minimum Gasteiger partial charge on any atom is -0.340 e. The third-order valence-corrected chi connectivity index (χ3v) is 4.04. The number of rotatable bonds is 3. The zero-order chi connectivity index (χ0) is 19.9. The number of alkyl halides is 3. The highest BCUT2D eigenvalue weighted by Crippen LogP contribution is 2.36. The fraction of sp³-hybridized carbons (Fsp3) is 0.105. The normalized spacial score (nSPS) is 11.8. The highest BCUT2D eigenvalue weighted by molar-refractivity contribution is 5.65. The van der Waals surface area contributed by atoms with Gasteiger partial charge in [-0.15, -0.1) is 0 Å². The molecule has 0 bridgehead atoms. The van der Waals surface area contributed by atoms with Crippen LogP contribution < -0.4 is 5.32 Å². The van der Waals surface area contributed by atoms with Gasteiger partial charge in [0, 0.05) is 18.1 Å². The average molecular weight is 387 g/mol. The van der Waals surface area contributed by atoms with Crippen molar-refractivity contribution in [3.8, 4) is 11.5 Å². The van der Waals surface area contributed by atoms with E-state index in [1.807, 2.05) is 31.2 Å². The topological polar surface area (TPSA) is 55.1 Å². The summed E-state index contributed by atoms with van der Waals surface area (Å²) < 4.78 is 55.2. The highest BCUT2D eigenvalue weighted by atomic mass is 19.4. The number of halogens is 4. The lowest BCUT2D eigenvalue weighted by Gasteiger charge is -2.09. The Morgan fingerprint density at radius 1 is 0.964 bits per heavy atom. The molecule has 142 valence electrons. The maximum absolute atomic E-state index is 13.7. The van der Waals surface area contributed by atoms with Crippen molar-refractivity contribution in [3.63, 3.8) is 0 Å². The Labute approximate surface area is 156 Å². The molecular formula is C19H13F4N5. The van der Waals surface area contributed by atoms with Gasteiger partial charge in [0.15, 0.2) is 11.5 Å². The van der Waals surface area contributed by atoms with Crippen molar-refractivity contribution in [2.45, 2.75) is 13.1 Å². The number of benzene rings is 1. The molecule has 0 aliphatic heterocycles. The predicted octanol–water partition coefficient (Wildman–Crippen LogP) is 5.00. The van der Waals surface area contributed by atoms with Crippen LogP contribution in [0.25, 0.3) is 17.2 Å². The van der Waals surface area contributed by atoms with Crippen molar-refractivity contribution in [2.75, 3.05) is 5.32 Å². The van der Waals surface area contributed by atoms with E-state index in [9.17, 15) is 17.6 Å². The summed E-state index contributed by atoms with van der Waals surface area (Å²) in [5, 5.41) is 3.02. The number of fused-ring (bicyclic) bond motifs is 1. The summed E-state index contributed by atoms with van der Waals surface area (Å²) in [6, 6.07) is 11.2. The van der Waals surface area contributed by atoms with Crippen LogP contribution in [0.15, 0.2) is 54.9 Å². The predicted molar refractivity (Wildman–Crippen MR) is 95.6 cm³/mol. The first-order valence-electron chi connectivity index (χ1n) is 8.23. The van der Waals surface area contributed by atoms with Crippen LogP contribution in [0.3, 0.4) is 0 Å². The molecule has 0 aliphatic carbocycles. The van der Waals surface area contributed by atoms with E-state index in [0.29, 0.717) is 5.82 Å². The summed E-state index contributed by atoms with van der Waals surface area (Å²) in [4.78, 5) is 11.7. The van der Waals surface area contributed by atoms with Crippen molar-refractivity contribution in [1.82, 2.24) is 19.4 Å². The van der Waals surface area contributed by atoms with Crippen molar-refractivity contribution < 1.29 is 17.6 Å². The Kier molecular flexibility index (Phi) is 4.21. The Morgan fingerprint density at radius 2 is 1.71 bits per heavy atom. The van der Waals surface area contributed by atoms with Gasteiger partial charge < -0.3 is 5.32 Å². The summed E-state index contributed by atoms with van der Waals surface area (Å²) in [6.07, 6.45) is -2.49. The summed E-state index contributed by atoms with van der Waals surface area (Å²) in [5.41, 5.74) is 0.136. The highest BCUT2D eigenvalue weighted by Gasteiger charge is 2.39. The fourth-order valence-corrected chi connectivity index (χ4v) is 2.76. The minimum atomic E-state index is -4.75. The lowest BCUT2D eigenvalue weighted by molar-refractivity contribution is -0.140. The Bertz CT molecular complexity index is 1150. The van der Waals surface area contributed by atoms with E-state index in [4.69, 9.17) is 0 Å². The van der Waals surface area contributed by atoms with E-state index in [1.165, 1.54) is 18.3 Å². The lowest BCUT2D eigenvalue weighted by Crippen LogP contribution is -2.09. The van der Waals surface area contributed by atoms with Gasteiger partial charge in [-0.1, -0.05) is 17.7 Å². The second kappa shape index (κ2) is 6.59. The first-order chi connectivity index (χ1) is 13.3. The van der Waals surface area contributed by atoms with Gasteiger partial charge in [0.1, 0.15) is 23.0 Å². The number of hydrogen-bond acceptors (Lipinski definition) is 4. The van der Waals surface area contributed by atoms with Crippen LogP contribution in [0.5, 0.6) is 0 Å². The Balaban J connectivity index is 1.83. The fourth-order valence-electron chi connectivity index (χ4n) is 2.76.